The number of para-hydroxylation sites is 2. The van der Waals surface area contributed by atoms with Crippen molar-refractivity contribution in [1.82, 2.24) is 4.90 Å². The van der Waals surface area contributed by atoms with Gasteiger partial charge in [0.15, 0.2) is 11.5 Å². The van der Waals surface area contributed by atoms with Crippen LogP contribution in [0.25, 0.3) is 0 Å². The second kappa shape index (κ2) is 5.92. The monoisotopic (exact) mass is 235 g/mol. The highest BCUT2D eigenvalue weighted by molar-refractivity contribution is 5.40. The van der Waals surface area contributed by atoms with Crippen molar-refractivity contribution in [3.05, 3.63) is 24.3 Å². The fourth-order valence-electron chi connectivity index (χ4n) is 2.14. The van der Waals surface area contributed by atoms with Gasteiger partial charge in [0.05, 0.1) is 0 Å². The normalized spacial score (nSPS) is 18.4. The van der Waals surface area contributed by atoms with Gasteiger partial charge >= 0.3 is 0 Å². The average Bonchev–Trinajstić information content (AvgIpc) is 2.38. The van der Waals surface area contributed by atoms with Gasteiger partial charge in [-0.25, -0.2) is 0 Å². The number of hydrogen-bond donors (Lipinski definition) is 0. The number of nitrogens with zero attached hydrogens (tertiary/aromatic N) is 1. The molecule has 0 fully saturated rings. The van der Waals surface area contributed by atoms with E-state index in [0.717, 1.165) is 31.1 Å². The zero-order chi connectivity index (χ0) is 12.1. The molecule has 17 heavy (non-hydrogen) atoms. The number of hydrogen-bond acceptors (Lipinski definition) is 3. The van der Waals surface area contributed by atoms with Gasteiger partial charge in [0, 0.05) is 6.54 Å². The number of fused-ring (bicyclic) bond motifs is 1. The third-order valence-electron chi connectivity index (χ3n) is 3.02. The van der Waals surface area contributed by atoms with E-state index in [0.29, 0.717) is 6.61 Å². The van der Waals surface area contributed by atoms with E-state index in [4.69, 9.17) is 9.47 Å². The molecule has 1 unspecified atom stereocenters. The maximum Gasteiger partial charge on any atom is 0.161 e. The molecule has 0 radical (unpaired) electrons. The molecule has 1 aliphatic rings. The average molecular weight is 235 g/mol. The highest BCUT2D eigenvalue weighted by Crippen LogP contribution is 2.30. The van der Waals surface area contributed by atoms with Gasteiger partial charge in [0.25, 0.3) is 0 Å². The Kier molecular flexibility index (Phi) is 4.26. The van der Waals surface area contributed by atoms with Crippen LogP contribution >= 0.6 is 0 Å². The van der Waals surface area contributed by atoms with Gasteiger partial charge < -0.3 is 9.47 Å². The first kappa shape index (κ1) is 12.2. The first-order chi connectivity index (χ1) is 8.33. The van der Waals surface area contributed by atoms with Crippen molar-refractivity contribution >= 4 is 0 Å². The van der Waals surface area contributed by atoms with Crippen LogP contribution in [0.5, 0.6) is 11.5 Å². The van der Waals surface area contributed by atoms with Crippen molar-refractivity contribution < 1.29 is 9.47 Å². The van der Waals surface area contributed by atoms with E-state index in [1.54, 1.807) is 0 Å². The third kappa shape index (κ3) is 3.13. The second-order valence-electron chi connectivity index (χ2n) is 4.39. The molecule has 0 spiro atoms. The zero-order valence-electron chi connectivity index (χ0n) is 10.7. The van der Waals surface area contributed by atoms with Crippen molar-refractivity contribution in [2.75, 3.05) is 26.2 Å². The Balaban J connectivity index is 1.93. The summed E-state index contributed by atoms with van der Waals surface area (Å²) in [5, 5.41) is 0. The van der Waals surface area contributed by atoms with Crippen molar-refractivity contribution in [3.8, 4) is 11.5 Å². The smallest absolute Gasteiger partial charge is 0.161 e. The van der Waals surface area contributed by atoms with E-state index in [1.165, 1.54) is 6.42 Å². The Bertz CT molecular complexity index is 354. The lowest BCUT2D eigenvalue weighted by molar-refractivity contribution is 0.0601. The highest BCUT2D eigenvalue weighted by Gasteiger charge is 2.22. The van der Waals surface area contributed by atoms with Gasteiger partial charge in [0.1, 0.15) is 12.7 Å². The largest absolute Gasteiger partial charge is 0.486 e. The predicted molar refractivity (Wildman–Crippen MR) is 68.8 cm³/mol. The molecule has 0 saturated carbocycles. The molecule has 0 aliphatic carbocycles. The molecule has 0 saturated heterocycles. The van der Waals surface area contributed by atoms with E-state index in [1.807, 2.05) is 24.3 Å². The minimum absolute atomic E-state index is 0.149. The Morgan fingerprint density at radius 1 is 1.24 bits per heavy atom. The van der Waals surface area contributed by atoms with Crippen LogP contribution in [0.1, 0.15) is 20.3 Å². The lowest BCUT2D eigenvalue weighted by Crippen LogP contribution is -2.41. The standard InChI is InChI=1S/C14H21NO2/c1-3-9-15(4-2)10-12-11-16-13-7-5-6-8-14(13)17-12/h5-8,12H,3-4,9-11H2,1-2H3. The topological polar surface area (TPSA) is 21.7 Å². The van der Waals surface area contributed by atoms with Crippen LogP contribution in [-0.4, -0.2) is 37.2 Å². The van der Waals surface area contributed by atoms with Crippen molar-refractivity contribution in [3.63, 3.8) is 0 Å². The summed E-state index contributed by atoms with van der Waals surface area (Å²) in [4.78, 5) is 2.40. The molecule has 1 atom stereocenters. The molecule has 0 N–H and O–H groups in total. The van der Waals surface area contributed by atoms with Crippen molar-refractivity contribution in [2.45, 2.75) is 26.4 Å². The Labute approximate surface area is 103 Å². The van der Waals surface area contributed by atoms with E-state index in [-0.39, 0.29) is 6.10 Å². The Hall–Kier alpha value is -1.22. The highest BCUT2D eigenvalue weighted by atomic mass is 16.6. The summed E-state index contributed by atoms with van der Waals surface area (Å²) < 4.78 is 11.7. The lowest BCUT2D eigenvalue weighted by atomic mass is 10.2. The minimum atomic E-state index is 0.149. The predicted octanol–water partition coefficient (Wildman–Crippen LogP) is 2.56. The van der Waals surface area contributed by atoms with E-state index >= 15 is 0 Å². The fraction of sp³-hybridized carbons (Fsp3) is 0.571. The van der Waals surface area contributed by atoms with Crippen molar-refractivity contribution in [1.29, 1.82) is 0 Å². The van der Waals surface area contributed by atoms with Crippen LogP contribution in [0, 0.1) is 0 Å². The Morgan fingerprint density at radius 3 is 2.71 bits per heavy atom. The van der Waals surface area contributed by atoms with Gasteiger partial charge in [-0.05, 0) is 31.6 Å². The van der Waals surface area contributed by atoms with Gasteiger partial charge in [-0.15, -0.1) is 0 Å². The first-order valence-corrected chi connectivity index (χ1v) is 6.44. The summed E-state index contributed by atoms with van der Waals surface area (Å²) >= 11 is 0. The molecule has 0 aromatic heterocycles. The second-order valence-corrected chi connectivity index (χ2v) is 4.39. The minimum Gasteiger partial charge on any atom is -0.486 e. The molecular weight excluding hydrogens is 214 g/mol. The molecule has 2 rings (SSSR count). The van der Waals surface area contributed by atoms with Crippen molar-refractivity contribution in [2.24, 2.45) is 0 Å². The number of likely N-dealkylation sites (N-methyl/N-ethyl adjacent to an activating group) is 1. The zero-order valence-corrected chi connectivity index (χ0v) is 10.7. The molecule has 94 valence electrons. The number of ether oxygens (including phenoxy) is 2. The molecule has 3 nitrogen and oxygen atoms in total. The van der Waals surface area contributed by atoms with Gasteiger partial charge in [0.2, 0.25) is 0 Å². The molecule has 1 aliphatic heterocycles. The van der Waals surface area contributed by atoms with Crippen LogP contribution in [0.3, 0.4) is 0 Å². The SMILES string of the molecule is CCCN(CC)CC1COc2ccccc2O1. The lowest BCUT2D eigenvalue weighted by Gasteiger charge is -2.30. The molecule has 1 aromatic carbocycles. The summed E-state index contributed by atoms with van der Waals surface area (Å²) in [6.07, 6.45) is 1.33. The molecule has 3 heteroatoms. The van der Waals surface area contributed by atoms with Crippen LogP contribution in [0.4, 0.5) is 0 Å². The molecule has 0 amide bonds. The molecular formula is C14H21NO2. The first-order valence-electron chi connectivity index (χ1n) is 6.44. The number of rotatable bonds is 5. The van der Waals surface area contributed by atoms with E-state index in [2.05, 4.69) is 18.7 Å². The van der Waals surface area contributed by atoms with Gasteiger partial charge in [-0.1, -0.05) is 26.0 Å². The summed E-state index contributed by atoms with van der Waals surface area (Å²) in [5.74, 6) is 1.73. The fourth-order valence-corrected chi connectivity index (χ4v) is 2.14. The molecule has 1 heterocycles. The Morgan fingerprint density at radius 2 is 2.00 bits per heavy atom. The number of benzene rings is 1. The van der Waals surface area contributed by atoms with Gasteiger partial charge in [-0.2, -0.15) is 0 Å². The van der Waals surface area contributed by atoms with Crippen LogP contribution in [-0.2, 0) is 0 Å². The third-order valence-corrected chi connectivity index (χ3v) is 3.02. The van der Waals surface area contributed by atoms with Crippen LogP contribution < -0.4 is 9.47 Å². The summed E-state index contributed by atoms with van der Waals surface area (Å²) in [7, 11) is 0. The summed E-state index contributed by atoms with van der Waals surface area (Å²) in [6, 6.07) is 7.87. The molecule has 0 bridgehead atoms. The summed E-state index contributed by atoms with van der Waals surface area (Å²) in [5.41, 5.74) is 0. The summed E-state index contributed by atoms with van der Waals surface area (Å²) in [6.45, 7) is 8.17. The van der Waals surface area contributed by atoms with Crippen LogP contribution in [0.15, 0.2) is 24.3 Å². The maximum atomic E-state index is 5.94. The van der Waals surface area contributed by atoms with Crippen LogP contribution in [0.2, 0.25) is 0 Å². The molecule has 1 aromatic rings. The maximum absolute atomic E-state index is 5.94. The van der Waals surface area contributed by atoms with Gasteiger partial charge in [-0.3, -0.25) is 4.90 Å². The van der Waals surface area contributed by atoms with E-state index < -0.39 is 0 Å². The quantitative estimate of drug-likeness (QED) is 0.783. The van der Waals surface area contributed by atoms with E-state index in [9.17, 15) is 0 Å².